The zero-order valence-corrected chi connectivity index (χ0v) is 16.4. The van der Waals surface area contributed by atoms with Crippen LogP contribution in [0.25, 0.3) is 10.8 Å². The largest absolute Gasteiger partial charge is 0.491 e. The molecular weight excluding hydrogens is 367 g/mol. The number of hydrogen-bond donors (Lipinski definition) is 2. The van der Waals surface area contributed by atoms with Crippen LogP contribution in [0.5, 0.6) is 5.75 Å². The summed E-state index contributed by atoms with van der Waals surface area (Å²) in [6.07, 6.45) is 1.51. The average Bonchev–Trinajstić information content (AvgIpc) is 2.75. The Hall–Kier alpha value is -2.63. The number of nitrogens with zero attached hydrogens (tertiary/aromatic N) is 1. The van der Waals surface area contributed by atoms with Gasteiger partial charge in [-0.1, -0.05) is 36.4 Å². The zero-order valence-electron chi connectivity index (χ0n) is 16.4. The number of hydrogen-bond acceptors (Lipinski definition) is 4. The number of halogens is 1. The number of aliphatic hydroxyl groups excluding tert-OH is 1. The first kappa shape index (κ1) is 19.7. The van der Waals surface area contributed by atoms with Crippen molar-refractivity contribution in [2.75, 3.05) is 31.6 Å². The molecule has 2 N–H and O–H groups in total. The fraction of sp³-hybridized carbons (Fsp3) is 0.333. The molecular formula is C24H27FN2O2. The van der Waals surface area contributed by atoms with Crippen molar-refractivity contribution in [1.82, 2.24) is 4.90 Å². The topological polar surface area (TPSA) is 44.7 Å². The molecule has 1 heterocycles. The van der Waals surface area contributed by atoms with E-state index in [1.165, 1.54) is 28.6 Å². The molecule has 1 aliphatic heterocycles. The number of rotatable bonds is 7. The van der Waals surface area contributed by atoms with Crippen LogP contribution in [0.2, 0.25) is 0 Å². The predicted molar refractivity (Wildman–Crippen MR) is 115 cm³/mol. The summed E-state index contributed by atoms with van der Waals surface area (Å²) in [5.41, 5.74) is 1.19. The second kappa shape index (κ2) is 9.25. The molecule has 0 aliphatic carbocycles. The van der Waals surface area contributed by atoms with Gasteiger partial charge < -0.3 is 20.1 Å². The molecule has 0 saturated carbocycles. The number of likely N-dealkylation sites (tertiary alicyclic amines) is 1. The molecule has 1 atom stereocenters. The number of nitrogens with one attached hydrogen (secondary N) is 1. The normalized spacial score (nSPS) is 16.6. The number of benzene rings is 3. The number of fused-ring (bicyclic) bond motifs is 1. The van der Waals surface area contributed by atoms with Crippen molar-refractivity contribution >= 4 is 16.5 Å². The van der Waals surface area contributed by atoms with E-state index in [9.17, 15) is 9.50 Å². The third kappa shape index (κ3) is 5.25. The molecule has 0 amide bonds. The van der Waals surface area contributed by atoms with Crippen molar-refractivity contribution in [3.63, 3.8) is 0 Å². The van der Waals surface area contributed by atoms with Crippen LogP contribution in [0.1, 0.15) is 12.8 Å². The lowest BCUT2D eigenvalue weighted by molar-refractivity contribution is 0.0605. The molecule has 0 spiro atoms. The molecule has 1 aliphatic rings. The van der Waals surface area contributed by atoms with E-state index in [4.69, 9.17) is 4.74 Å². The van der Waals surface area contributed by atoms with Gasteiger partial charge in [-0.2, -0.15) is 0 Å². The molecule has 4 rings (SSSR count). The first-order valence-electron chi connectivity index (χ1n) is 10.2. The number of piperidine rings is 1. The quantitative estimate of drug-likeness (QED) is 0.627. The van der Waals surface area contributed by atoms with Gasteiger partial charge in [0.1, 0.15) is 24.3 Å². The molecule has 0 radical (unpaired) electrons. The Labute approximate surface area is 170 Å². The summed E-state index contributed by atoms with van der Waals surface area (Å²) in [6.45, 7) is 2.67. The number of ether oxygens (including phenoxy) is 1. The van der Waals surface area contributed by atoms with Crippen LogP contribution in [-0.4, -0.2) is 48.4 Å². The van der Waals surface area contributed by atoms with Crippen LogP contribution in [0.4, 0.5) is 10.1 Å². The van der Waals surface area contributed by atoms with Gasteiger partial charge in [0.2, 0.25) is 0 Å². The first-order valence-corrected chi connectivity index (χ1v) is 10.2. The minimum absolute atomic E-state index is 0.208. The Morgan fingerprint density at radius 3 is 2.52 bits per heavy atom. The second-order valence-corrected chi connectivity index (χ2v) is 7.66. The Morgan fingerprint density at radius 1 is 1.00 bits per heavy atom. The highest BCUT2D eigenvalue weighted by Gasteiger charge is 2.21. The smallest absolute Gasteiger partial charge is 0.123 e. The Balaban J connectivity index is 1.23. The summed E-state index contributed by atoms with van der Waals surface area (Å²) < 4.78 is 18.5. The van der Waals surface area contributed by atoms with Crippen LogP contribution in [0, 0.1) is 5.82 Å². The van der Waals surface area contributed by atoms with Gasteiger partial charge in [-0.15, -0.1) is 0 Å². The number of β-amino-alcohol motifs (C(OH)–C–C–N with tert-alkyl or cyclic N) is 1. The standard InChI is InChI=1S/C24H27FN2O2/c25-19-8-10-22(11-9-19)29-17-21(28)16-27-14-12-20(13-15-27)26-24-7-3-5-18-4-1-2-6-23(18)24/h1-11,20-21,26,28H,12-17H2/t21-/m1/s1. The molecule has 1 saturated heterocycles. The van der Waals surface area contributed by atoms with Gasteiger partial charge in [-0.3, -0.25) is 0 Å². The third-order valence-corrected chi connectivity index (χ3v) is 5.46. The summed E-state index contributed by atoms with van der Waals surface area (Å²) in [6, 6.07) is 21.1. The van der Waals surface area contributed by atoms with Crippen molar-refractivity contribution in [3.8, 4) is 5.75 Å². The van der Waals surface area contributed by atoms with E-state index in [-0.39, 0.29) is 12.4 Å². The molecule has 152 valence electrons. The fourth-order valence-corrected chi connectivity index (χ4v) is 3.91. The molecule has 0 unspecified atom stereocenters. The maximum absolute atomic E-state index is 12.9. The third-order valence-electron chi connectivity index (χ3n) is 5.46. The van der Waals surface area contributed by atoms with Gasteiger partial charge in [-0.05, 0) is 48.6 Å². The Kier molecular flexibility index (Phi) is 6.27. The minimum Gasteiger partial charge on any atom is -0.491 e. The zero-order chi connectivity index (χ0) is 20.1. The predicted octanol–water partition coefficient (Wildman–Crippen LogP) is 4.30. The van der Waals surface area contributed by atoms with E-state index in [1.54, 1.807) is 12.1 Å². The Bertz CT molecular complexity index is 918. The summed E-state index contributed by atoms with van der Waals surface area (Å²) in [7, 11) is 0. The summed E-state index contributed by atoms with van der Waals surface area (Å²) in [5, 5.41) is 16.5. The second-order valence-electron chi connectivity index (χ2n) is 7.66. The lowest BCUT2D eigenvalue weighted by Crippen LogP contribution is -2.43. The summed E-state index contributed by atoms with van der Waals surface area (Å²) in [5.74, 6) is 0.279. The fourth-order valence-electron chi connectivity index (χ4n) is 3.91. The van der Waals surface area contributed by atoms with Crippen molar-refractivity contribution in [3.05, 3.63) is 72.5 Å². The highest BCUT2D eigenvalue weighted by Crippen LogP contribution is 2.25. The highest BCUT2D eigenvalue weighted by molar-refractivity contribution is 5.93. The van der Waals surface area contributed by atoms with Crippen LogP contribution in [0.3, 0.4) is 0 Å². The lowest BCUT2D eigenvalue weighted by atomic mass is 10.0. The van der Waals surface area contributed by atoms with Crippen LogP contribution in [0.15, 0.2) is 66.7 Å². The van der Waals surface area contributed by atoms with Crippen molar-refractivity contribution in [2.45, 2.75) is 25.0 Å². The van der Waals surface area contributed by atoms with E-state index in [0.29, 0.717) is 18.3 Å². The van der Waals surface area contributed by atoms with Crippen LogP contribution >= 0.6 is 0 Å². The number of anilines is 1. The number of aliphatic hydroxyl groups is 1. The monoisotopic (exact) mass is 394 g/mol. The first-order chi connectivity index (χ1) is 14.2. The molecule has 5 heteroatoms. The van der Waals surface area contributed by atoms with Crippen molar-refractivity contribution in [1.29, 1.82) is 0 Å². The molecule has 0 aromatic heterocycles. The van der Waals surface area contributed by atoms with E-state index in [2.05, 4.69) is 52.7 Å². The van der Waals surface area contributed by atoms with Gasteiger partial charge in [0.25, 0.3) is 0 Å². The van der Waals surface area contributed by atoms with E-state index >= 15 is 0 Å². The molecule has 4 nitrogen and oxygen atoms in total. The van der Waals surface area contributed by atoms with Crippen LogP contribution < -0.4 is 10.1 Å². The van der Waals surface area contributed by atoms with Crippen molar-refractivity contribution < 1.29 is 14.2 Å². The van der Waals surface area contributed by atoms with Gasteiger partial charge in [-0.25, -0.2) is 4.39 Å². The summed E-state index contributed by atoms with van der Waals surface area (Å²) >= 11 is 0. The van der Waals surface area contributed by atoms with Crippen LogP contribution in [-0.2, 0) is 0 Å². The maximum Gasteiger partial charge on any atom is 0.123 e. The van der Waals surface area contributed by atoms with Crippen molar-refractivity contribution in [2.24, 2.45) is 0 Å². The summed E-state index contributed by atoms with van der Waals surface area (Å²) in [4.78, 5) is 2.28. The molecule has 3 aromatic carbocycles. The molecule has 0 bridgehead atoms. The van der Waals surface area contributed by atoms with Gasteiger partial charge in [0.05, 0.1) is 0 Å². The van der Waals surface area contributed by atoms with Gasteiger partial charge in [0.15, 0.2) is 0 Å². The lowest BCUT2D eigenvalue weighted by Gasteiger charge is -2.34. The van der Waals surface area contributed by atoms with E-state index in [0.717, 1.165) is 25.9 Å². The van der Waals surface area contributed by atoms with E-state index < -0.39 is 6.10 Å². The van der Waals surface area contributed by atoms with Gasteiger partial charge in [0, 0.05) is 36.7 Å². The SMILES string of the molecule is O[C@@H](COc1ccc(F)cc1)CN1CCC(Nc2cccc3ccccc23)CC1. The molecule has 29 heavy (non-hydrogen) atoms. The Morgan fingerprint density at radius 2 is 1.72 bits per heavy atom. The minimum atomic E-state index is -0.567. The maximum atomic E-state index is 12.9. The highest BCUT2D eigenvalue weighted by atomic mass is 19.1. The molecule has 1 fully saturated rings. The van der Waals surface area contributed by atoms with Gasteiger partial charge >= 0.3 is 0 Å². The molecule has 3 aromatic rings. The van der Waals surface area contributed by atoms with E-state index in [1.807, 2.05) is 0 Å². The average molecular weight is 394 g/mol.